The molecule has 0 aromatic heterocycles. The molecule has 0 saturated heterocycles. The largest absolute Gasteiger partial charge is 0.494 e. The molecule has 1 atom stereocenters. The van der Waals surface area contributed by atoms with Crippen LogP contribution in [0.15, 0.2) is 24.3 Å². The SMILES string of the molecule is CCCC(C)C(=O)OCC(=O)Nc1ccc(OCC)cc1. The number of nitrogens with one attached hydrogen (secondary N) is 1. The minimum atomic E-state index is -0.351. The Labute approximate surface area is 125 Å². The van der Waals surface area contributed by atoms with Crippen LogP contribution in [0.25, 0.3) is 0 Å². The van der Waals surface area contributed by atoms with Crippen LogP contribution in [0.5, 0.6) is 5.75 Å². The average Bonchev–Trinajstić information content (AvgIpc) is 2.47. The van der Waals surface area contributed by atoms with Crippen LogP contribution in [-0.2, 0) is 14.3 Å². The van der Waals surface area contributed by atoms with E-state index in [1.807, 2.05) is 13.8 Å². The van der Waals surface area contributed by atoms with Crippen LogP contribution >= 0.6 is 0 Å². The maximum Gasteiger partial charge on any atom is 0.309 e. The molecule has 0 radical (unpaired) electrons. The third kappa shape index (κ3) is 6.29. The molecule has 1 unspecified atom stereocenters. The lowest BCUT2D eigenvalue weighted by atomic mass is 10.1. The molecule has 21 heavy (non-hydrogen) atoms. The monoisotopic (exact) mass is 293 g/mol. The number of rotatable bonds is 8. The van der Waals surface area contributed by atoms with Gasteiger partial charge in [-0.2, -0.15) is 0 Å². The molecule has 1 aromatic rings. The van der Waals surface area contributed by atoms with Gasteiger partial charge in [0.2, 0.25) is 0 Å². The first-order valence-corrected chi connectivity index (χ1v) is 7.26. The molecule has 0 aliphatic heterocycles. The van der Waals surface area contributed by atoms with Crippen LogP contribution in [0.2, 0.25) is 0 Å². The van der Waals surface area contributed by atoms with Gasteiger partial charge in [-0.05, 0) is 37.6 Å². The highest BCUT2D eigenvalue weighted by molar-refractivity contribution is 5.92. The van der Waals surface area contributed by atoms with E-state index in [0.717, 1.165) is 18.6 Å². The van der Waals surface area contributed by atoms with Crippen molar-refractivity contribution in [1.82, 2.24) is 0 Å². The van der Waals surface area contributed by atoms with Crippen LogP contribution in [0.3, 0.4) is 0 Å². The minimum absolute atomic E-state index is 0.173. The highest BCUT2D eigenvalue weighted by Crippen LogP contribution is 2.15. The third-order valence-corrected chi connectivity index (χ3v) is 2.92. The number of ether oxygens (including phenoxy) is 2. The van der Waals surface area contributed by atoms with Crippen molar-refractivity contribution in [2.45, 2.75) is 33.6 Å². The van der Waals surface area contributed by atoms with Crippen molar-refractivity contribution in [3.63, 3.8) is 0 Å². The van der Waals surface area contributed by atoms with E-state index in [4.69, 9.17) is 9.47 Å². The maximum atomic E-state index is 11.7. The molecule has 0 fully saturated rings. The zero-order chi connectivity index (χ0) is 15.7. The summed E-state index contributed by atoms with van der Waals surface area (Å²) in [4.78, 5) is 23.3. The van der Waals surface area contributed by atoms with Crippen molar-refractivity contribution in [1.29, 1.82) is 0 Å². The second-order valence-corrected chi connectivity index (χ2v) is 4.80. The summed E-state index contributed by atoms with van der Waals surface area (Å²) < 4.78 is 10.3. The Morgan fingerprint density at radius 1 is 1.19 bits per heavy atom. The van der Waals surface area contributed by atoms with Crippen LogP contribution in [0.4, 0.5) is 5.69 Å². The molecule has 0 saturated carbocycles. The van der Waals surface area contributed by atoms with Gasteiger partial charge in [0, 0.05) is 5.69 Å². The second-order valence-electron chi connectivity index (χ2n) is 4.80. The molecule has 0 aliphatic carbocycles. The summed E-state index contributed by atoms with van der Waals surface area (Å²) in [6.45, 7) is 6.04. The van der Waals surface area contributed by atoms with Crippen molar-refractivity contribution in [3.8, 4) is 5.75 Å². The van der Waals surface area contributed by atoms with E-state index in [1.54, 1.807) is 31.2 Å². The Kier molecular flexibility index (Phi) is 7.29. The molecule has 1 N–H and O–H groups in total. The number of amides is 1. The first-order valence-electron chi connectivity index (χ1n) is 7.26. The lowest BCUT2D eigenvalue weighted by Crippen LogP contribution is -2.23. The quantitative estimate of drug-likeness (QED) is 0.748. The summed E-state index contributed by atoms with van der Waals surface area (Å²) in [5.74, 6) is -0.113. The van der Waals surface area contributed by atoms with E-state index >= 15 is 0 Å². The number of carbonyl (C=O) groups is 2. The highest BCUT2D eigenvalue weighted by Gasteiger charge is 2.14. The number of carbonyl (C=O) groups excluding carboxylic acids is 2. The van der Waals surface area contributed by atoms with E-state index in [-0.39, 0.29) is 24.4 Å². The van der Waals surface area contributed by atoms with Crippen molar-refractivity contribution < 1.29 is 19.1 Å². The second kappa shape index (κ2) is 9.00. The zero-order valence-corrected chi connectivity index (χ0v) is 12.8. The number of hydrogen-bond donors (Lipinski definition) is 1. The molecule has 1 rings (SSSR count). The Hall–Kier alpha value is -2.04. The predicted molar refractivity (Wildman–Crippen MR) is 81.3 cm³/mol. The maximum absolute atomic E-state index is 11.7. The van der Waals surface area contributed by atoms with Gasteiger partial charge in [0.15, 0.2) is 6.61 Å². The number of anilines is 1. The molecule has 5 nitrogen and oxygen atoms in total. The molecule has 0 heterocycles. The van der Waals surface area contributed by atoms with Crippen molar-refractivity contribution in [3.05, 3.63) is 24.3 Å². The van der Waals surface area contributed by atoms with Gasteiger partial charge in [0.05, 0.1) is 12.5 Å². The van der Waals surface area contributed by atoms with Gasteiger partial charge in [-0.15, -0.1) is 0 Å². The summed E-state index contributed by atoms with van der Waals surface area (Å²) in [5, 5.41) is 2.67. The van der Waals surface area contributed by atoms with E-state index in [1.165, 1.54) is 0 Å². The Balaban J connectivity index is 2.38. The fraction of sp³-hybridized carbons (Fsp3) is 0.500. The van der Waals surface area contributed by atoms with Crippen molar-refractivity contribution in [2.75, 3.05) is 18.5 Å². The Bertz CT molecular complexity index is 456. The molecule has 1 amide bonds. The van der Waals surface area contributed by atoms with Crippen molar-refractivity contribution >= 4 is 17.6 Å². The predicted octanol–water partition coefficient (Wildman–Crippen LogP) is 3.00. The Morgan fingerprint density at radius 2 is 1.86 bits per heavy atom. The molecular weight excluding hydrogens is 270 g/mol. The normalized spacial score (nSPS) is 11.6. The van der Waals surface area contributed by atoms with Crippen LogP contribution in [0.1, 0.15) is 33.6 Å². The molecule has 5 heteroatoms. The van der Waals surface area contributed by atoms with E-state index < -0.39 is 0 Å². The molecular formula is C16H23NO4. The first kappa shape index (κ1) is 17.0. The summed E-state index contributed by atoms with van der Waals surface area (Å²) in [6, 6.07) is 7.03. The van der Waals surface area contributed by atoms with Crippen LogP contribution in [0, 0.1) is 5.92 Å². The van der Waals surface area contributed by atoms with Gasteiger partial charge < -0.3 is 14.8 Å². The Morgan fingerprint density at radius 3 is 2.43 bits per heavy atom. The number of hydrogen-bond acceptors (Lipinski definition) is 4. The van der Waals surface area contributed by atoms with Gasteiger partial charge >= 0.3 is 5.97 Å². The minimum Gasteiger partial charge on any atom is -0.494 e. The van der Waals surface area contributed by atoms with E-state index in [9.17, 15) is 9.59 Å². The molecule has 116 valence electrons. The van der Waals surface area contributed by atoms with Crippen LogP contribution < -0.4 is 10.1 Å². The number of esters is 1. The van der Waals surface area contributed by atoms with Crippen molar-refractivity contribution in [2.24, 2.45) is 5.92 Å². The zero-order valence-electron chi connectivity index (χ0n) is 12.8. The molecule has 0 bridgehead atoms. The first-order chi connectivity index (χ1) is 10.1. The van der Waals surface area contributed by atoms with Gasteiger partial charge in [0.1, 0.15) is 5.75 Å². The summed E-state index contributed by atoms with van der Waals surface area (Å²) in [7, 11) is 0. The fourth-order valence-electron chi connectivity index (χ4n) is 1.83. The smallest absolute Gasteiger partial charge is 0.309 e. The summed E-state index contributed by atoms with van der Waals surface area (Å²) in [5.41, 5.74) is 0.640. The fourth-order valence-corrected chi connectivity index (χ4v) is 1.83. The standard InChI is InChI=1S/C16H23NO4/c1-4-6-12(3)16(19)21-11-15(18)17-13-7-9-14(10-8-13)20-5-2/h7-10,12H,4-6,11H2,1-3H3,(H,17,18). The lowest BCUT2D eigenvalue weighted by molar-refractivity contribution is -0.151. The lowest BCUT2D eigenvalue weighted by Gasteiger charge is -2.11. The van der Waals surface area contributed by atoms with E-state index in [2.05, 4.69) is 5.32 Å². The molecule has 0 spiro atoms. The molecule has 0 aliphatic rings. The van der Waals surface area contributed by atoms with Crippen LogP contribution in [-0.4, -0.2) is 25.1 Å². The molecule has 1 aromatic carbocycles. The van der Waals surface area contributed by atoms with Gasteiger partial charge in [-0.1, -0.05) is 20.3 Å². The van der Waals surface area contributed by atoms with Gasteiger partial charge in [-0.3, -0.25) is 9.59 Å². The summed E-state index contributed by atoms with van der Waals surface area (Å²) >= 11 is 0. The van der Waals surface area contributed by atoms with Gasteiger partial charge in [-0.25, -0.2) is 0 Å². The summed E-state index contributed by atoms with van der Waals surface area (Å²) in [6.07, 6.45) is 1.67. The van der Waals surface area contributed by atoms with E-state index in [0.29, 0.717) is 12.3 Å². The topological polar surface area (TPSA) is 64.6 Å². The number of benzene rings is 1. The highest BCUT2D eigenvalue weighted by atomic mass is 16.5. The average molecular weight is 293 g/mol. The third-order valence-electron chi connectivity index (χ3n) is 2.92. The van der Waals surface area contributed by atoms with Gasteiger partial charge in [0.25, 0.3) is 5.91 Å².